The van der Waals surface area contributed by atoms with Gasteiger partial charge in [-0.1, -0.05) is 29.8 Å². The van der Waals surface area contributed by atoms with E-state index in [1.54, 1.807) is 24.3 Å². The number of hydrogen-bond acceptors (Lipinski definition) is 6. The van der Waals surface area contributed by atoms with Crippen LogP contribution >= 0.6 is 11.6 Å². The summed E-state index contributed by atoms with van der Waals surface area (Å²) in [6.07, 6.45) is 1.39. The van der Waals surface area contributed by atoms with E-state index in [0.29, 0.717) is 10.6 Å². The van der Waals surface area contributed by atoms with Crippen molar-refractivity contribution in [2.45, 2.75) is 0 Å². The summed E-state index contributed by atoms with van der Waals surface area (Å²) in [5.41, 5.74) is 1.45. The van der Waals surface area contributed by atoms with E-state index in [2.05, 4.69) is 20.9 Å². The molecule has 0 spiro atoms. The molecule has 1 aromatic carbocycles. The van der Waals surface area contributed by atoms with E-state index in [1.807, 2.05) is 10.1 Å². The maximum Gasteiger partial charge on any atom is 0.342 e. The summed E-state index contributed by atoms with van der Waals surface area (Å²) in [7, 11) is 0. The normalized spacial score (nSPS) is 10.6. The Balaban J connectivity index is 1.87. The lowest BCUT2D eigenvalue weighted by molar-refractivity contribution is -0.119. The van der Waals surface area contributed by atoms with Gasteiger partial charge in [0.15, 0.2) is 0 Å². The number of amides is 1. The zero-order valence-electron chi connectivity index (χ0n) is 11.1. The van der Waals surface area contributed by atoms with Crippen molar-refractivity contribution in [2.24, 2.45) is 5.10 Å². The number of carbonyl (C=O) groups is 1. The number of aromatic amines is 2. The van der Waals surface area contributed by atoms with Gasteiger partial charge in [0.05, 0.1) is 12.8 Å². The average Bonchev–Trinajstić information content (AvgIpc) is 2.48. The van der Waals surface area contributed by atoms with Crippen molar-refractivity contribution in [3.63, 3.8) is 0 Å². The number of hydrazone groups is 1. The first-order chi connectivity index (χ1) is 10.6. The summed E-state index contributed by atoms with van der Waals surface area (Å²) < 4.78 is 0. The van der Waals surface area contributed by atoms with Gasteiger partial charge in [-0.25, -0.2) is 15.3 Å². The van der Waals surface area contributed by atoms with Crippen LogP contribution in [0.5, 0.6) is 0 Å². The molecule has 0 atom stereocenters. The van der Waals surface area contributed by atoms with Gasteiger partial charge in [0, 0.05) is 10.6 Å². The largest absolute Gasteiger partial charge is 0.355 e. The lowest BCUT2D eigenvalue weighted by atomic mass is 10.2. The van der Waals surface area contributed by atoms with Crippen LogP contribution in [0, 0.1) is 0 Å². The molecule has 2 aromatic rings. The Hall–Kier alpha value is -2.94. The molecule has 114 valence electrons. The van der Waals surface area contributed by atoms with Crippen molar-refractivity contribution in [1.29, 1.82) is 0 Å². The highest BCUT2D eigenvalue weighted by Gasteiger charge is 2.04. The lowest BCUT2D eigenvalue weighted by Gasteiger charge is -2.02. The zero-order chi connectivity index (χ0) is 15.9. The van der Waals surface area contributed by atoms with E-state index in [-0.39, 0.29) is 12.4 Å². The fraction of sp³-hybridized carbons (Fsp3) is 0.0833. The van der Waals surface area contributed by atoms with Gasteiger partial charge in [-0.05, 0) is 6.07 Å². The summed E-state index contributed by atoms with van der Waals surface area (Å²) in [6.45, 7) is -0.248. The molecule has 1 amide bonds. The number of rotatable bonds is 5. The predicted octanol–water partition coefficient (Wildman–Crippen LogP) is -0.326. The molecule has 0 bridgehead atoms. The predicted molar refractivity (Wildman–Crippen MR) is 81.2 cm³/mol. The van der Waals surface area contributed by atoms with Crippen LogP contribution in [0.15, 0.2) is 39.0 Å². The quantitative estimate of drug-likeness (QED) is 0.442. The molecule has 4 N–H and O–H groups in total. The number of benzene rings is 1. The topological polar surface area (TPSA) is 132 Å². The van der Waals surface area contributed by atoms with Gasteiger partial charge in [-0.2, -0.15) is 5.10 Å². The third-order valence-corrected chi connectivity index (χ3v) is 2.77. The highest BCUT2D eigenvalue weighted by Crippen LogP contribution is 2.11. The fourth-order valence-corrected chi connectivity index (χ4v) is 1.61. The Morgan fingerprint density at radius 2 is 2.14 bits per heavy atom. The van der Waals surface area contributed by atoms with Crippen molar-refractivity contribution in [3.05, 3.63) is 55.7 Å². The van der Waals surface area contributed by atoms with Crippen LogP contribution in [0.2, 0.25) is 5.02 Å². The Morgan fingerprint density at radius 1 is 1.36 bits per heavy atom. The highest BCUT2D eigenvalue weighted by atomic mass is 35.5. The van der Waals surface area contributed by atoms with Crippen LogP contribution < -0.4 is 22.0 Å². The number of H-pyrrole nitrogens is 2. The van der Waals surface area contributed by atoms with Crippen LogP contribution in [-0.4, -0.2) is 33.8 Å². The number of nitrogens with one attached hydrogen (secondary N) is 4. The molecule has 22 heavy (non-hydrogen) atoms. The van der Waals surface area contributed by atoms with E-state index >= 15 is 0 Å². The lowest BCUT2D eigenvalue weighted by Crippen LogP contribution is -2.31. The van der Waals surface area contributed by atoms with E-state index in [1.165, 1.54) is 6.21 Å². The average molecular weight is 323 g/mol. The molecule has 9 nitrogen and oxygen atoms in total. The smallest absolute Gasteiger partial charge is 0.342 e. The minimum Gasteiger partial charge on any atom is -0.355 e. The van der Waals surface area contributed by atoms with Crippen LogP contribution in [-0.2, 0) is 4.79 Å². The number of aromatic nitrogens is 3. The second-order valence-corrected chi connectivity index (χ2v) is 4.43. The Bertz CT molecular complexity index is 813. The molecule has 0 saturated heterocycles. The molecular formula is C12H11ClN6O3. The maximum atomic E-state index is 11.5. The fourth-order valence-electron chi connectivity index (χ4n) is 1.42. The third kappa shape index (κ3) is 4.28. The summed E-state index contributed by atoms with van der Waals surface area (Å²) in [5, 5.41) is 12.2. The Kier molecular flexibility index (Phi) is 5.04. The minimum atomic E-state index is -0.732. The highest BCUT2D eigenvalue weighted by molar-refractivity contribution is 6.33. The van der Waals surface area contributed by atoms with Gasteiger partial charge in [0.1, 0.15) is 0 Å². The van der Waals surface area contributed by atoms with Crippen LogP contribution in [0.1, 0.15) is 5.56 Å². The van der Waals surface area contributed by atoms with Crippen molar-refractivity contribution >= 4 is 29.5 Å². The molecule has 0 aliphatic rings. The summed E-state index contributed by atoms with van der Waals surface area (Å²) in [6, 6.07) is 6.99. The molecule has 0 saturated carbocycles. The van der Waals surface area contributed by atoms with Crippen molar-refractivity contribution in [2.75, 3.05) is 11.9 Å². The van der Waals surface area contributed by atoms with Crippen molar-refractivity contribution in [1.82, 2.24) is 20.6 Å². The number of nitrogens with zero attached hydrogens (tertiary/aromatic N) is 2. The number of hydrogen-bond donors (Lipinski definition) is 4. The number of carbonyl (C=O) groups excluding carboxylic acids is 1. The van der Waals surface area contributed by atoms with Gasteiger partial charge in [0.25, 0.3) is 11.5 Å². The molecule has 0 fully saturated rings. The van der Waals surface area contributed by atoms with Gasteiger partial charge in [-0.3, -0.25) is 14.6 Å². The Labute approximate surface area is 128 Å². The van der Waals surface area contributed by atoms with Crippen LogP contribution in [0.25, 0.3) is 0 Å². The van der Waals surface area contributed by atoms with Gasteiger partial charge < -0.3 is 5.32 Å². The summed E-state index contributed by atoms with van der Waals surface area (Å²) in [4.78, 5) is 35.6. The number of anilines is 1. The molecule has 0 radical (unpaired) electrons. The molecule has 1 aromatic heterocycles. The first-order valence-electron chi connectivity index (χ1n) is 6.05. The van der Waals surface area contributed by atoms with E-state index < -0.39 is 17.2 Å². The minimum absolute atomic E-state index is 0.176. The second kappa shape index (κ2) is 7.18. The van der Waals surface area contributed by atoms with E-state index in [9.17, 15) is 14.4 Å². The van der Waals surface area contributed by atoms with E-state index in [4.69, 9.17) is 11.6 Å². The first-order valence-corrected chi connectivity index (χ1v) is 6.43. The van der Waals surface area contributed by atoms with Crippen molar-refractivity contribution in [3.8, 4) is 0 Å². The monoisotopic (exact) mass is 322 g/mol. The third-order valence-electron chi connectivity index (χ3n) is 2.43. The molecule has 0 unspecified atom stereocenters. The number of halogens is 1. The Morgan fingerprint density at radius 3 is 2.86 bits per heavy atom. The summed E-state index contributed by atoms with van der Waals surface area (Å²) in [5.74, 6) is -0.680. The van der Waals surface area contributed by atoms with Crippen molar-refractivity contribution < 1.29 is 4.79 Å². The maximum absolute atomic E-state index is 11.5. The molecular weight excluding hydrogens is 312 g/mol. The van der Waals surface area contributed by atoms with Gasteiger partial charge in [-0.15, -0.1) is 5.10 Å². The molecule has 0 aliphatic carbocycles. The zero-order valence-corrected chi connectivity index (χ0v) is 11.8. The van der Waals surface area contributed by atoms with Gasteiger partial charge in [0.2, 0.25) is 5.82 Å². The molecule has 10 heteroatoms. The van der Waals surface area contributed by atoms with Crippen LogP contribution in [0.4, 0.5) is 5.82 Å². The first kappa shape index (κ1) is 15.4. The van der Waals surface area contributed by atoms with E-state index in [0.717, 1.165) is 0 Å². The van der Waals surface area contributed by atoms with Gasteiger partial charge >= 0.3 is 5.69 Å². The molecule has 2 rings (SSSR count). The molecule has 0 aliphatic heterocycles. The SMILES string of the molecule is O=C(CNc1n[nH]c(=O)[nH]c1=O)N/N=C/c1ccccc1Cl. The second-order valence-electron chi connectivity index (χ2n) is 4.02. The van der Waals surface area contributed by atoms with Crippen LogP contribution in [0.3, 0.4) is 0 Å². The molecule has 1 heterocycles. The standard InChI is InChI=1S/C12H11ClN6O3/c13-8-4-2-1-3-7(8)5-15-17-9(20)6-14-10-11(21)16-12(22)19-18-10/h1-5H,6H2,(H,14,18)(H,17,20)(H2,16,19,21,22)/b15-5+. The summed E-state index contributed by atoms with van der Waals surface area (Å²) >= 11 is 5.92.